The molecule has 6 heteroatoms. The molecular weight excluding hydrogens is 331 g/mol. The van der Waals surface area contributed by atoms with E-state index < -0.39 is 0 Å². The summed E-state index contributed by atoms with van der Waals surface area (Å²) in [7, 11) is 0. The van der Waals surface area contributed by atoms with Gasteiger partial charge in [0.2, 0.25) is 0 Å². The molecule has 5 nitrogen and oxygen atoms in total. The van der Waals surface area contributed by atoms with Gasteiger partial charge in [-0.25, -0.2) is 4.39 Å². The van der Waals surface area contributed by atoms with Crippen LogP contribution in [0.15, 0.2) is 18.2 Å². The molecule has 142 valence electrons. The maximum Gasteiger partial charge on any atom is 0.129 e. The fraction of sp³-hybridized carbons (Fsp3) is 0.650. The lowest BCUT2D eigenvalue weighted by Gasteiger charge is -2.31. The van der Waals surface area contributed by atoms with E-state index in [0.717, 1.165) is 63.7 Å². The normalized spacial score (nSPS) is 18.4. The number of halogens is 1. The minimum Gasteiger partial charge on any atom is -0.379 e. The van der Waals surface area contributed by atoms with Crippen molar-refractivity contribution in [3.8, 4) is 6.07 Å². The molecule has 0 saturated carbocycles. The molecule has 0 amide bonds. The van der Waals surface area contributed by atoms with Gasteiger partial charge in [0.05, 0.1) is 19.3 Å². The van der Waals surface area contributed by atoms with Crippen molar-refractivity contribution in [2.45, 2.75) is 25.8 Å². The van der Waals surface area contributed by atoms with Crippen molar-refractivity contribution in [1.82, 2.24) is 9.80 Å². The first-order chi connectivity index (χ1) is 12.8. The summed E-state index contributed by atoms with van der Waals surface area (Å²) in [5.41, 5.74) is 1.80. The average Bonchev–Trinajstić information content (AvgIpc) is 3.20. The summed E-state index contributed by atoms with van der Waals surface area (Å²) >= 11 is 0. The Morgan fingerprint density at radius 3 is 2.62 bits per heavy atom. The van der Waals surface area contributed by atoms with Crippen LogP contribution in [0.5, 0.6) is 0 Å². The predicted octanol–water partition coefficient (Wildman–Crippen LogP) is 2.47. The van der Waals surface area contributed by atoms with E-state index in [2.05, 4.69) is 20.8 Å². The second-order valence-corrected chi connectivity index (χ2v) is 7.07. The highest BCUT2D eigenvalue weighted by molar-refractivity contribution is 5.54. The molecule has 0 aliphatic carbocycles. The second-order valence-electron chi connectivity index (χ2n) is 7.07. The molecule has 2 saturated heterocycles. The zero-order valence-electron chi connectivity index (χ0n) is 15.5. The van der Waals surface area contributed by atoms with Gasteiger partial charge in [-0.1, -0.05) is 6.07 Å². The number of morpholine rings is 1. The van der Waals surface area contributed by atoms with Crippen LogP contribution in [0, 0.1) is 17.1 Å². The zero-order chi connectivity index (χ0) is 18.2. The topological polar surface area (TPSA) is 42.7 Å². The van der Waals surface area contributed by atoms with Gasteiger partial charge in [-0.3, -0.25) is 9.80 Å². The lowest BCUT2D eigenvalue weighted by Crippen LogP contribution is -2.41. The Balaban J connectivity index is 1.68. The number of hydrogen-bond acceptors (Lipinski definition) is 5. The monoisotopic (exact) mass is 360 g/mol. The lowest BCUT2D eigenvalue weighted by atomic mass is 10.1. The molecule has 3 rings (SSSR count). The third-order valence-corrected chi connectivity index (χ3v) is 5.30. The van der Waals surface area contributed by atoms with Gasteiger partial charge in [0.15, 0.2) is 0 Å². The quantitative estimate of drug-likeness (QED) is 0.712. The molecule has 0 bridgehead atoms. The van der Waals surface area contributed by atoms with Crippen LogP contribution in [0.3, 0.4) is 0 Å². The molecule has 0 radical (unpaired) electrons. The molecule has 2 fully saturated rings. The number of hydrogen-bond donors (Lipinski definition) is 0. The number of nitriles is 1. The average molecular weight is 360 g/mol. The molecule has 2 aliphatic rings. The first-order valence-corrected chi connectivity index (χ1v) is 9.69. The van der Waals surface area contributed by atoms with Gasteiger partial charge in [0.25, 0.3) is 0 Å². The number of anilines is 1. The van der Waals surface area contributed by atoms with Gasteiger partial charge in [0, 0.05) is 70.0 Å². The third-order valence-electron chi connectivity index (χ3n) is 5.30. The first-order valence-electron chi connectivity index (χ1n) is 9.69. The Labute approximate surface area is 155 Å². The standard InChI is InChI=1S/C20H29FN4O/c21-19-5-3-6-20(25-9-1-2-10-25)18(19)17-24(8-4-7-22)12-11-23-13-15-26-16-14-23/h3,5-6H,1-2,4,8-17H2. The second kappa shape index (κ2) is 9.86. The number of rotatable bonds is 8. The molecule has 2 aliphatic heterocycles. The van der Waals surface area contributed by atoms with E-state index in [-0.39, 0.29) is 5.82 Å². The number of ether oxygens (including phenoxy) is 1. The van der Waals surface area contributed by atoms with E-state index in [1.165, 1.54) is 12.8 Å². The summed E-state index contributed by atoms with van der Waals surface area (Å²) in [6.07, 6.45) is 2.81. The van der Waals surface area contributed by atoms with Gasteiger partial charge in [-0.05, 0) is 25.0 Å². The van der Waals surface area contributed by atoms with Gasteiger partial charge >= 0.3 is 0 Å². The summed E-state index contributed by atoms with van der Waals surface area (Å²) in [4.78, 5) is 6.89. The molecule has 1 aromatic rings. The third kappa shape index (κ3) is 5.16. The smallest absolute Gasteiger partial charge is 0.129 e. The maximum absolute atomic E-state index is 14.6. The number of benzene rings is 1. The molecule has 0 N–H and O–H groups in total. The largest absolute Gasteiger partial charge is 0.379 e. The highest BCUT2D eigenvalue weighted by Gasteiger charge is 2.20. The van der Waals surface area contributed by atoms with E-state index in [1.807, 2.05) is 6.07 Å². The molecule has 0 aromatic heterocycles. The molecular formula is C20H29FN4O. The molecule has 2 heterocycles. The van der Waals surface area contributed by atoms with Crippen molar-refractivity contribution in [2.24, 2.45) is 0 Å². The highest BCUT2D eigenvalue weighted by Crippen LogP contribution is 2.28. The van der Waals surface area contributed by atoms with Crippen molar-refractivity contribution in [2.75, 3.05) is 63.9 Å². The Morgan fingerprint density at radius 2 is 1.88 bits per heavy atom. The Morgan fingerprint density at radius 1 is 1.12 bits per heavy atom. The molecule has 0 atom stereocenters. The van der Waals surface area contributed by atoms with Crippen LogP contribution in [-0.4, -0.2) is 68.8 Å². The van der Waals surface area contributed by atoms with Crippen molar-refractivity contribution in [3.05, 3.63) is 29.6 Å². The minimum atomic E-state index is -0.136. The van der Waals surface area contributed by atoms with Gasteiger partial charge in [0.1, 0.15) is 5.82 Å². The fourth-order valence-corrected chi connectivity index (χ4v) is 3.77. The number of nitrogens with zero attached hydrogens (tertiary/aromatic N) is 4. The van der Waals surface area contributed by atoms with Gasteiger partial charge in [-0.15, -0.1) is 0 Å². The predicted molar refractivity (Wildman–Crippen MR) is 101 cm³/mol. The molecule has 0 unspecified atom stereocenters. The SMILES string of the molecule is N#CCCN(CCN1CCOCC1)Cc1c(F)cccc1N1CCCC1. The summed E-state index contributed by atoms with van der Waals surface area (Å²) in [6, 6.07) is 7.62. The van der Waals surface area contributed by atoms with Crippen LogP contribution in [0.4, 0.5) is 10.1 Å². The van der Waals surface area contributed by atoms with E-state index in [0.29, 0.717) is 19.5 Å². The molecule has 26 heavy (non-hydrogen) atoms. The van der Waals surface area contributed by atoms with Crippen LogP contribution in [0.2, 0.25) is 0 Å². The van der Waals surface area contributed by atoms with E-state index in [4.69, 9.17) is 10.00 Å². The summed E-state index contributed by atoms with van der Waals surface area (Å²) in [5, 5.41) is 8.99. The van der Waals surface area contributed by atoms with Gasteiger partial charge in [-0.2, -0.15) is 5.26 Å². The van der Waals surface area contributed by atoms with Crippen molar-refractivity contribution >= 4 is 5.69 Å². The van der Waals surface area contributed by atoms with Crippen molar-refractivity contribution in [3.63, 3.8) is 0 Å². The van der Waals surface area contributed by atoms with E-state index in [9.17, 15) is 4.39 Å². The zero-order valence-corrected chi connectivity index (χ0v) is 15.5. The van der Waals surface area contributed by atoms with E-state index >= 15 is 0 Å². The molecule has 0 spiro atoms. The Bertz CT molecular complexity index is 606. The Hall–Kier alpha value is -1.68. The van der Waals surface area contributed by atoms with E-state index in [1.54, 1.807) is 12.1 Å². The van der Waals surface area contributed by atoms with Gasteiger partial charge < -0.3 is 9.64 Å². The van der Waals surface area contributed by atoms with Crippen LogP contribution in [0.25, 0.3) is 0 Å². The minimum absolute atomic E-state index is 0.136. The van der Waals surface area contributed by atoms with Crippen LogP contribution in [0.1, 0.15) is 24.8 Å². The highest BCUT2D eigenvalue weighted by atomic mass is 19.1. The van der Waals surface area contributed by atoms with Crippen LogP contribution >= 0.6 is 0 Å². The first kappa shape index (κ1) is 19.1. The molecule has 1 aromatic carbocycles. The summed E-state index contributed by atoms with van der Waals surface area (Å²) in [5.74, 6) is -0.136. The Kier molecular flexibility index (Phi) is 7.24. The fourth-order valence-electron chi connectivity index (χ4n) is 3.77. The van der Waals surface area contributed by atoms with Crippen molar-refractivity contribution in [1.29, 1.82) is 5.26 Å². The summed E-state index contributed by atoms with van der Waals surface area (Å²) < 4.78 is 20.0. The lowest BCUT2D eigenvalue weighted by molar-refractivity contribution is 0.0330. The van der Waals surface area contributed by atoms with Crippen LogP contribution < -0.4 is 4.90 Å². The maximum atomic E-state index is 14.6. The van der Waals surface area contributed by atoms with Crippen LogP contribution in [-0.2, 0) is 11.3 Å². The summed E-state index contributed by atoms with van der Waals surface area (Å²) in [6.45, 7) is 8.48. The van der Waals surface area contributed by atoms with Crippen molar-refractivity contribution < 1.29 is 9.13 Å².